The summed E-state index contributed by atoms with van der Waals surface area (Å²) in [6.07, 6.45) is 8.14. The molecule has 1 fully saturated rings. The van der Waals surface area contributed by atoms with E-state index < -0.39 is 0 Å². The summed E-state index contributed by atoms with van der Waals surface area (Å²) in [6.45, 7) is 2.48. The van der Waals surface area contributed by atoms with Crippen molar-refractivity contribution >= 4 is 40.8 Å². The molecule has 148 valence electrons. The Balaban J connectivity index is 0.00000261. The molecular formula is C21H31IN4O. The Morgan fingerprint density at radius 1 is 1.19 bits per heavy atom. The van der Waals surface area contributed by atoms with Crippen LogP contribution < -0.4 is 10.6 Å². The molecule has 1 aliphatic carbocycles. The van der Waals surface area contributed by atoms with E-state index in [0.29, 0.717) is 12.0 Å². The van der Waals surface area contributed by atoms with E-state index in [1.165, 1.54) is 36.6 Å². The Bertz CT molecular complexity index is 739. The molecule has 1 aromatic heterocycles. The third-order valence-electron chi connectivity index (χ3n) is 5.52. The fourth-order valence-corrected chi connectivity index (χ4v) is 3.94. The number of para-hydroxylation sites is 1. The molecule has 6 heteroatoms. The molecule has 2 N–H and O–H groups in total. The van der Waals surface area contributed by atoms with Gasteiger partial charge in [0.2, 0.25) is 0 Å². The number of aliphatic imine (C=N–C) groups is 1. The Hall–Kier alpha value is -1.41. The number of hydrogen-bond donors (Lipinski definition) is 2. The average Bonchev–Trinajstić information content (AvgIpc) is 3.16. The lowest BCUT2D eigenvalue weighted by Gasteiger charge is -2.30. The van der Waals surface area contributed by atoms with Gasteiger partial charge in [-0.05, 0) is 36.3 Å². The summed E-state index contributed by atoms with van der Waals surface area (Å²) in [5.74, 6) is 0.849. The molecule has 3 rings (SSSR count). The van der Waals surface area contributed by atoms with Crippen LogP contribution in [0.5, 0.6) is 0 Å². The standard InChI is InChI=1S/C21H30N4O.HI/c1-22-20(25-16-21(12-14-26-2)10-3-4-11-21)24-15-18-8-5-7-17-9-6-13-23-19(17)18;/h5-9,13H,3-4,10-12,14-16H2,1-2H3,(H2,22,24,25);1H. The van der Waals surface area contributed by atoms with Crippen molar-refractivity contribution in [1.29, 1.82) is 0 Å². The van der Waals surface area contributed by atoms with E-state index in [0.717, 1.165) is 31.0 Å². The summed E-state index contributed by atoms with van der Waals surface area (Å²) in [7, 11) is 3.61. The Morgan fingerprint density at radius 2 is 1.96 bits per heavy atom. The number of aromatic nitrogens is 1. The van der Waals surface area contributed by atoms with Crippen molar-refractivity contribution in [3.63, 3.8) is 0 Å². The molecule has 2 aromatic rings. The zero-order valence-corrected chi connectivity index (χ0v) is 18.7. The van der Waals surface area contributed by atoms with Crippen LogP contribution in [0.25, 0.3) is 10.9 Å². The maximum atomic E-state index is 5.33. The smallest absolute Gasteiger partial charge is 0.191 e. The molecule has 0 atom stereocenters. The van der Waals surface area contributed by atoms with Crippen molar-refractivity contribution in [3.8, 4) is 0 Å². The SMILES string of the molecule is CN=C(NCc1cccc2cccnc12)NCC1(CCOC)CCCC1.I. The van der Waals surface area contributed by atoms with Gasteiger partial charge in [-0.3, -0.25) is 9.98 Å². The lowest BCUT2D eigenvalue weighted by atomic mass is 9.83. The molecular weight excluding hydrogens is 451 g/mol. The van der Waals surface area contributed by atoms with E-state index in [1.54, 1.807) is 7.11 Å². The van der Waals surface area contributed by atoms with Gasteiger partial charge in [0.15, 0.2) is 5.96 Å². The lowest BCUT2D eigenvalue weighted by Crippen LogP contribution is -2.43. The second-order valence-electron chi connectivity index (χ2n) is 7.22. The van der Waals surface area contributed by atoms with Crippen molar-refractivity contribution in [1.82, 2.24) is 15.6 Å². The van der Waals surface area contributed by atoms with Crippen LogP contribution in [0.3, 0.4) is 0 Å². The quantitative estimate of drug-likeness (QED) is 0.354. The summed E-state index contributed by atoms with van der Waals surface area (Å²) in [6, 6.07) is 10.4. The maximum Gasteiger partial charge on any atom is 0.191 e. The Morgan fingerprint density at radius 3 is 2.70 bits per heavy atom. The van der Waals surface area contributed by atoms with Crippen molar-refractivity contribution in [2.75, 3.05) is 27.3 Å². The topological polar surface area (TPSA) is 58.5 Å². The van der Waals surface area contributed by atoms with Gasteiger partial charge in [-0.2, -0.15) is 0 Å². The lowest BCUT2D eigenvalue weighted by molar-refractivity contribution is 0.138. The largest absolute Gasteiger partial charge is 0.385 e. The van der Waals surface area contributed by atoms with E-state index in [9.17, 15) is 0 Å². The van der Waals surface area contributed by atoms with E-state index in [4.69, 9.17) is 4.74 Å². The molecule has 0 spiro atoms. The monoisotopic (exact) mass is 482 g/mol. The number of rotatable bonds is 7. The normalized spacial score (nSPS) is 16.1. The number of nitrogens with one attached hydrogen (secondary N) is 2. The highest BCUT2D eigenvalue weighted by atomic mass is 127. The molecule has 1 heterocycles. The minimum absolute atomic E-state index is 0. The molecule has 27 heavy (non-hydrogen) atoms. The highest BCUT2D eigenvalue weighted by Gasteiger charge is 2.33. The van der Waals surface area contributed by atoms with Gasteiger partial charge >= 0.3 is 0 Å². The number of guanidine groups is 1. The highest BCUT2D eigenvalue weighted by Crippen LogP contribution is 2.40. The Kier molecular flexibility index (Phi) is 8.76. The summed E-state index contributed by atoms with van der Waals surface area (Å²) < 4.78 is 5.33. The van der Waals surface area contributed by atoms with Gasteiger partial charge in [0.05, 0.1) is 5.52 Å². The van der Waals surface area contributed by atoms with Gasteiger partial charge in [-0.15, -0.1) is 24.0 Å². The molecule has 1 saturated carbocycles. The molecule has 0 saturated heterocycles. The summed E-state index contributed by atoms with van der Waals surface area (Å²) in [5.41, 5.74) is 2.57. The van der Waals surface area contributed by atoms with Crippen molar-refractivity contribution in [2.45, 2.75) is 38.6 Å². The van der Waals surface area contributed by atoms with Crippen molar-refractivity contribution in [3.05, 3.63) is 42.1 Å². The molecule has 0 bridgehead atoms. The maximum absolute atomic E-state index is 5.33. The first kappa shape index (κ1) is 21.9. The zero-order chi connectivity index (χ0) is 18.2. The van der Waals surface area contributed by atoms with E-state index >= 15 is 0 Å². The first-order chi connectivity index (χ1) is 12.8. The molecule has 1 aliphatic rings. The van der Waals surface area contributed by atoms with E-state index in [1.807, 2.05) is 19.3 Å². The first-order valence-electron chi connectivity index (χ1n) is 9.52. The number of ether oxygens (including phenoxy) is 1. The zero-order valence-electron chi connectivity index (χ0n) is 16.3. The van der Waals surface area contributed by atoms with Crippen molar-refractivity contribution < 1.29 is 4.74 Å². The van der Waals surface area contributed by atoms with Crippen LogP contribution in [0.2, 0.25) is 0 Å². The molecule has 0 unspecified atom stereocenters. The third-order valence-corrected chi connectivity index (χ3v) is 5.52. The molecule has 5 nitrogen and oxygen atoms in total. The number of hydrogen-bond acceptors (Lipinski definition) is 3. The van der Waals surface area contributed by atoms with Crippen LogP contribution in [0.15, 0.2) is 41.5 Å². The van der Waals surface area contributed by atoms with Crippen LogP contribution in [-0.2, 0) is 11.3 Å². The number of nitrogens with zero attached hydrogens (tertiary/aromatic N) is 2. The molecule has 1 aromatic carbocycles. The second-order valence-corrected chi connectivity index (χ2v) is 7.22. The fourth-order valence-electron chi connectivity index (χ4n) is 3.94. The fraction of sp³-hybridized carbons (Fsp3) is 0.524. The van der Waals surface area contributed by atoms with Gasteiger partial charge in [0.25, 0.3) is 0 Å². The number of benzene rings is 1. The van der Waals surface area contributed by atoms with Crippen LogP contribution in [0, 0.1) is 5.41 Å². The van der Waals surface area contributed by atoms with Crippen LogP contribution >= 0.6 is 24.0 Å². The first-order valence-corrected chi connectivity index (χ1v) is 9.52. The van der Waals surface area contributed by atoms with Gasteiger partial charge in [-0.25, -0.2) is 0 Å². The minimum atomic E-state index is 0. The van der Waals surface area contributed by atoms with Gasteiger partial charge in [0, 0.05) is 45.4 Å². The number of methoxy groups -OCH3 is 1. The van der Waals surface area contributed by atoms with Gasteiger partial charge in [-0.1, -0.05) is 37.1 Å². The van der Waals surface area contributed by atoms with Crippen LogP contribution in [-0.4, -0.2) is 38.3 Å². The third kappa shape index (κ3) is 5.78. The molecule has 0 amide bonds. The molecule has 0 radical (unpaired) electrons. The summed E-state index contributed by atoms with van der Waals surface area (Å²) >= 11 is 0. The number of fused-ring (bicyclic) bond motifs is 1. The van der Waals surface area contributed by atoms with Gasteiger partial charge in [0.1, 0.15) is 0 Å². The predicted octanol–water partition coefficient (Wildman–Crippen LogP) is 4.11. The highest BCUT2D eigenvalue weighted by molar-refractivity contribution is 14.0. The van der Waals surface area contributed by atoms with Gasteiger partial charge < -0.3 is 15.4 Å². The second kappa shape index (κ2) is 10.8. The summed E-state index contributed by atoms with van der Waals surface area (Å²) in [4.78, 5) is 8.92. The number of pyridine rings is 1. The number of halogens is 1. The minimum Gasteiger partial charge on any atom is -0.385 e. The van der Waals surface area contributed by atoms with E-state index in [-0.39, 0.29) is 24.0 Å². The Labute approximate surface area is 179 Å². The predicted molar refractivity (Wildman–Crippen MR) is 123 cm³/mol. The van der Waals surface area contributed by atoms with Crippen molar-refractivity contribution in [2.24, 2.45) is 10.4 Å². The molecule has 0 aliphatic heterocycles. The van der Waals surface area contributed by atoms with E-state index in [2.05, 4.69) is 44.9 Å². The van der Waals surface area contributed by atoms with Crippen LogP contribution in [0.1, 0.15) is 37.7 Å². The summed E-state index contributed by atoms with van der Waals surface area (Å²) in [5, 5.41) is 8.15. The average molecular weight is 482 g/mol. The van der Waals surface area contributed by atoms with Crippen LogP contribution in [0.4, 0.5) is 0 Å².